The molecule has 1 atom stereocenters. The molecule has 2 aromatic heterocycles. The summed E-state index contributed by atoms with van der Waals surface area (Å²) in [4.78, 5) is 8.63. The van der Waals surface area contributed by atoms with Gasteiger partial charge >= 0.3 is 0 Å². The minimum absolute atomic E-state index is 0.271. The molecule has 0 fully saturated rings. The predicted octanol–water partition coefficient (Wildman–Crippen LogP) is 3.41. The van der Waals surface area contributed by atoms with Crippen LogP contribution in [0.15, 0.2) is 22.7 Å². The molecule has 2 heterocycles. The van der Waals surface area contributed by atoms with Crippen molar-refractivity contribution >= 4 is 22.6 Å². The summed E-state index contributed by atoms with van der Waals surface area (Å²) in [5.74, 6) is 1.54. The Hall–Kier alpha value is -1.95. The second-order valence-corrected chi connectivity index (χ2v) is 5.50. The Kier molecular flexibility index (Phi) is 3.63. The normalized spacial score (nSPS) is 13.0. The van der Waals surface area contributed by atoms with E-state index in [0.717, 1.165) is 11.0 Å². The number of benzene rings is 1. The van der Waals surface area contributed by atoms with Gasteiger partial charge in [-0.1, -0.05) is 5.16 Å². The first kappa shape index (κ1) is 14.0. The molecule has 21 heavy (non-hydrogen) atoms. The quantitative estimate of drug-likeness (QED) is 0.693. The average Bonchev–Trinajstić information content (AvgIpc) is 3.00. The number of aryl methyl sites for hydroxylation is 3. The highest BCUT2D eigenvalue weighted by Gasteiger charge is 2.16. The van der Waals surface area contributed by atoms with E-state index in [0.29, 0.717) is 30.5 Å². The molecule has 5 nitrogen and oxygen atoms in total. The van der Waals surface area contributed by atoms with Crippen molar-refractivity contribution in [2.45, 2.75) is 32.2 Å². The lowest BCUT2D eigenvalue weighted by atomic mass is 10.3. The molecule has 0 saturated carbocycles. The van der Waals surface area contributed by atoms with Gasteiger partial charge in [-0.05, 0) is 25.1 Å². The van der Waals surface area contributed by atoms with E-state index < -0.39 is 0 Å². The molecule has 0 radical (unpaired) electrons. The molecule has 0 spiro atoms. The molecule has 3 rings (SSSR count). The van der Waals surface area contributed by atoms with Crippen LogP contribution in [0, 0.1) is 12.7 Å². The Morgan fingerprint density at radius 3 is 2.86 bits per heavy atom. The summed E-state index contributed by atoms with van der Waals surface area (Å²) < 4.78 is 20.3. The lowest BCUT2D eigenvalue weighted by molar-refractivity contribution is 0.386. The highest BCUT2D eigenvalue weighted by atomic mass is 35.5. The van der Waals surface area contributed by atoms with Crippen LogP contribution >= 0.6 is 11.6 Å². The zero-order valence-corrected chi connectivity index (χ0v) is 12.4. The average molecular weight is 309 g/mol. The first-order chi connectivity index (χ1) is 10.0. The highest BCUT2D eigenvalue weighted by Crippen LogP contribution is 2.25. The highest BCUT2D eigenvalue weighted by molar-refractivity contribution is 6.20. The summed E-state index contributed by atoms with van der Waals surface area (Å²) in [7, 11) is 0. The van der Waals surface area contributed by atoms with Crippen molar-refractivity contribution in [3.63, 3.8) is 0 Å². The number of nitrogens with zero attached hydrogens (tertiary/aromatic N) is 4. The SMILES string of the molecule is Cc1nc(CCn2c(C(C)Cl)nc3ccc(F)cc32)no1. The van der Waals surface area contributed by atoms with E-state index in [4.69, 9.17) is 16.1 Å². The molecule has 3 aromatic rings. The van der Waals surface area contributed by atoms with Crippen LogP contribution < -0.4 is 0 Å². The lowest BCUT2D eigenvalue weighted by Crippen LogP contribution is -2.07. The Morgan fingerprint density at radius 1 is 1.38 bits per heavy atom. The summed E-state index contributed by atoms with van der Waals surface area (Å²) in [6.45, 7) is 4.14. The molecule has 1 unspecified atom stereocenters. The fraction of sp³-hybridized carbons (Fsp3) is 0.357. The summed E-state index contributed by atoms with van der Waals surface area (Å²) in [5.41, 5.74) is 1.45. The minimum Gasteiger partial charge on any atom is -0.340 e. The smallest absolute Gasteiger partial charge is 0.223 e. The number of alkyl halides is 1. The number of hydrogen-bond acceptors (Lipinski definition) is 4. The molecule has 0 amide bonds. The van der Waals surface area contributed by atoms with Crippen molar-refractivity contribution in [3.05, 3.63) is 41.6 Å². The largest absolute Gasteiger partial charge is 0.340 e. The number of rotatable bonds is 4. The van der Waals surface area contributed by atoms with Gasteiger partial charge in [0.1, 0.15) is 11.6 Å². The van der Waals surface area contributed by atoms with E-state index >= 15 is 0 Å². The zero-order chi connectivity index (χ0) is 15.0. The maximum Gasteiger partial charge on any atom is 0.223 e. The van der Waals surface area contributed by atoms with E-state index in [9.17, 15) is 4.39 Å². The van der Waals surface area contributed by atoms with Gasteiger partial charge in [0.25, 0.3) is 0 Å². The van der Waals surface area contributed by atoms with Crippen LogP contribution in [0.5, 0.6) is 0 Å². The van der Waals surface area contributed by atoms with E-state index in [1.165, 1.54) is 12.1 Å². The maximum absolute atomic E-state index is 13.5. The van der Waals surface area contributed by atoms with E-state index in [-0.39, 0.29) is 11.2 Å². The molecular formula is C14H14ClFN4O. The number of fused-ring (bicyclic) bond motifs is 1. The van der Waals surface area contributed by atoms with Crippen molar-refractivity contribution in [1.82, 2.24) is 19.7 Å². The van der Waals surface area contributed by atoms with Crippen molar-refractivity contribution in [1.29, 1.82) is 0 Å². The van der Waals surface area contributed by atoms with Gasteiger partial charge in [0.05, 0.1) is 16.4 Å². The Bertz CT molecular complexity index is 780. The molecule has 1 aromatic carbocycles. The van der Waals surface area contributed by atoms with Crippen molar-refractivity contribution < 1.29 is 8.91 Å². The third-order valence-corrected chi connectivity index (χ3v) is 3.42. The van der Waals surface area contributed by atoms with E-state index in [1.54, 1.807) is 13.0 Å². The van der Waals surface area contributed by atoms with Gasteiger partial charge in [-0.25, -0.2) is 9.37 Å². The van der Waals surface area contributed by atoms with Crippen LogP contribution in [0.4, 0.5) is 4.39 Å². The molecule has 0 aliphatic rings. The second kappa shape index (κ2) is 5.44. The van der Waals surface area contributed by atoms with Gasteiger partial charge in [-0.2, -0.15) is 4.98 Å². The fourth-order valence-corrected chi connectivity index (χ4v) is 2.47. The van der Waals surface area contributed by atoms with Gasteiger partial charge in [-0.3, -0.25) is 0 Å². The van der Waals surface area contributed by atoms with Crippen LogP contribution in [0.3, 0.4) is 0 Å². The van der Waals surface area contributed by atoms with Crippen LogP contribution in [-0.4, -0.2) is 19.7 Å². The van der Waals surface area contributed by atoms with Gasteiger partial charge < -0.3 is 9.09 Å². The third kappa shape index (κ3) is 2.76. The number of aromatic nitrogens is 4. The molecule has 0 aliphatic carbocycles. The summed E-state index contributed by atoms with van der Waals surface area (Å²) in [6, 6.07) is 4.51. The van der Waals surface area contributed by atoms with Crippen molar-refractivity contribution in [2.24, 2.45) is 0 Å². The summed E-state index contributed by atoms with van der Waals surface area (Å²) in [5, 5.41) is 3.59. The van der Waals surface area contributed by atoms with Crippen molar-refractivity contribution in [3.8, 4) is 0 Å². The topological polar surface area (TPSA) is 56.7 Å². The molecule has 7 heteroatoms. The van der Waals surface area contributed by atoms with E-state index in [1.807, 2.05) is 11.5 Å². The van der Waals surface area contributed by atoms with Crippen molar-refractivity contribution in [2.75, 3.05) is 0 Å². The second-order valence-electron chi connectivity index (χ2n) is 4.85. The minimum atomic E-state index is -0.298. The first-order valence-corrected chi connectivity index (χ1v) is 7.07. The van der Waals surface area contributed by atoms with Crippen LogP contribution in [0.2, 0.25) is 0 Å². The Labute approximate surface area is 125 Å². The molecule has 0 saturated heterocycles. The zero-order valence-electron chi connectivity index (χ0n) is 11.7. The van der Waals surface area contributed by atoms with Crippen LogP contribution in [-0.2, 0) is 13.0 Å². The predicted molar refractivity (Wildman–Crippen MR) is 76.7 cm³/mol. The fourth-order valence-electron chi connectivity index (χ4n) is 2.31. The standard InChI is InChI=1S/C14H14ClFN4O/c1-8(15)14-18-11-4-3-10(16)7-12(11)20(14)6-5-13-17-9(2)21-19-13/h3-4,7-8H,5-6H2,1-2H3. The molecule has 0 N–H and O–H groups in total. The maximum atomic E-state index is 13.5. The summed E-state index contributed by atoms with van der Waals surface area (Å²) >= 11 is 6.18. The van der Waals surface area contributed by atoms with Crippen LogP contribution in [0.1, 0.15) is 29.8 Å². The van der Waals surface area contributed by atoms with Gasteiger partial charge in [0.2, 0.25) is 5.89 Å². The molecule has 0 bridgehead atoms. The molecular weight excluding hydrogens is 295 g/mol. The van der Waals surface area contributed by atoms with Gasteiger partial charge in [0.15, 0.2) is 5.82 Å². The number of halogens is 2. The third-order valence-electron chi connectivity index (χ3n) is 3.22. The van der Waals surface area contributed by atoms with Gasteiger partial charge in [-0.15, -0.1) is 11.6 Å². The molecule has 110 valence electrons. The number of imidazole rings is 1. The van der Waals surface area contributed by atoms with E-state index in [2.05, 4.69) is 15.1 Å². The van der Waals surface area contributed by atoms with Gasteiger partial charge in [0, 0.05) is 19.9 Å². The van der Waals surface area contributed by atoms with Crippen LogP contribution in [0.25, 0.3) is 11.0 Å². The lowest BCUT2D eigenvalue weighted by Gasteiger charge is -2.09. The number of hydrogen-bond donors (Lipinski definition) is 0. The Balaban J connectivity index is 1.98. The first-order valence-electron chi connectivity index (χ1n) is 6.63. The monoisotopic (exact) mass is 308 g/mol. The molecule has 0 aliphatic heterocycles. The summed E-state index contributed by atoms with van der Waals surface area (Å²) in [6.07, 6.45) is 0.565. The Morgan fingerprint density at radius 2 is 2.19 bits per heavy atom.